The average molecular weight is 245 g/mol. The number of aliphatic hydroxyl groups is 3. The van der Waals surface area contributed by atoms with Crippen molar-refractivity contribution in [3.05, 3.63) is 0 Å². The standard InChI is InChI=1S/C10H15NO6/c12-4-6-8(15)9(16)10(17-6)11-2-1-5(13)3-7(11)14/h6,8-10,12,15-16H,1-4H2. The second-order valence-electron chi connectivity index (χ2n) is 4.28. The maximum Gasteiger partial charge on any atom is 0.232 e. The lowest BCUT2D eigenvalue weighted by Gasteiger charge is -2.32. The highest BCUT2D eigenvalue weighted by Gasteiger charge is 2.47. The van der Waals surface area contributed by atoms with Crippen LogP contribution in [0.4, 0.5) is 0 Å². The van der Waals surface area contributed by atoms with E-state index in [1.807, 2.05) is 0 Å². The van der Waals surface area contributed by atoms with Crippen molar-refractivity contribution >= 4 is 11.7 Å². The molecule has 0 saturated carbocycles. The third kappa shape index (κ3) is 2.19. The molecule has 0 bridgehead atoms. The highest BCUT2D eigenvalue weighted by Crippen LogP contribution is 2.26. The van der Waals surface area contributed by atoms with Crippen LogP contribution in [0.5, 0.6) is 0 Å². The highest BCUT2D eigenvalue weighted by molar-refractivity contribution is 6.00. The Balaban J connectivity index is 2.08. The summed E-state index contributed by atoms with van der Waals surface area (Å²) in [5.74, 6) is -0.561. The maximum absolute atomic E-state index is 11.6. The molecule has 0 aromatic carbocycles. The fourth-order valence-corrected chi connectivity index (χ4v) is 2.14. The van der Waals surface area contributed by atoms with Gasteiger partial charge in [0.1, 0.15) is 24.1 Å². The summed E-state index contributed by atoms with van der Waals surface area (Å²) in [4.78, 5) is 23.9. The van der Waals surface area contributed by atoms with Gasteiger partial charge in [-0.05, 0) is 0 Å². The van der Waals surface area contributed by atoms with Crippen molar-refractivity contribution in [3.63, 3.8) is 0 Å². The number of Topliss-reactive ketones (excluding diaryl/α,β-unsaturated/α-hetero) is 1. The second kappa shape index (κ2) is 4.69. The summed E-state index contributed by atoms with van der Waals surface area (Å²) >= 11 is 0. The monoisotopic (exact) mass is 245 g/mol. The predicted octanol–water partition coefficient (Wildman–Crippen LogP) is -2.38. The van der Waals surface area contributed by atoms with Crippen LogP contribution in [0, 0.1) is 0 Å². The third-order valence-electron chi connectivity index (χ3n) is 3.12. The molecule has 7 heteroatoms. The molecule has 7 nitrogen and oxygen atoms in total. The highest BCUT2D eigenvalue weighted by atomic mass is 16.6. The normalized spacial score (nSPS) is 38.9. The van der Waals surface area contributed by atoms with E-state index >= 15 is 0 Å². The molecule has 0 radical (unpaired) electrons. The molecule has 2 heterocycles. The zero-order valence-corrected chi connectivity index (χ0v) is 9.15. The first-order valence-electron chi connectivity index (χ1n) is 5.48. The van der Waals surface area contributed by atoms with Crippen LogP contribution >= 0.6 is 0 Å². The van der Waals surface area contributed by atoms with E-state index in [1.165, 1.54) is 4.90 Å². The SMILES string of the molecule is O=C1CCN(C2OC(CO)C(O)C2O)C(=O)C1. The van der Waals surface area contributed by atoms with Crippen molar-refractivity contribution in [1.82, 2.24) is 4.90 Å². The predicted molar refractivity (Wildman–Crippen MR) is 53.7 cm³/mol. The van der Waals surface area contributed by atoms with Gasteiger partial charge >= 0.3 is 0 Å². The molecule has 2 rings (SSSR count). The van der Waals surface area contributed by atoms with E-state index in [4.69, 9.17) is 9.84 Å². The third-order valence-corrected chi connectivity index (χ3v) is 3.12. The second-order valence-corrected chi connectivity index (χ2v) is 4.28. The van der Waals surface area contributed by atoms with Crippen molar-refractivity contribution < 1.29 is 29.6 Å². The molecular weight excluding hydrogens is 230 g/mol. The number of nitrogens with zero attached hydrogens (tertiary/aromatic N) is 1. The Bertz CT molecular complexity index is 333. The van der Waals surface area contributed by atoms with Gasteiger partial charge in [0.2, 0.25) is 5.91 Å². The number of hydrogen-bond donors (Lipinski definition) is 3. The molecule has 4 unspecified atom stereocenters. The smallest absolute Gasteiger partial charge is 0.232 e. The van der Waals surface area contributed by atoms with E-state index in [0.29, 0.717) is 0 Å². The van der Waals surface area contributed by atoms with Crippen molar-refractivity contribution in [2.75, 3.05) is 13.2 Å². The molecular formula is C10H15NO6. The number of ketones is 1. The lowest BCUT2D eigenvalue weighted by Crippen LogP contribution is -2.50. The van der Waals surface area contributed by atoms with Crippen molar-refractivity contribution in [1.29, 1.82) is 0 Å². The minimum absolute atomic E-state index is 0.141. The molecule has 0 aromatic rings. The first-order valence-corrected chi connectivity index (χ1v) is 5.48. The van der Waals surface area contributed by atoms with Gasteiger partial charge in [-0.15, -0.1) is 0 Å². The molecule has 2 aliphatic heterocycles. The largest absolute Gasteiger partial charge is 0.394 e. The Morgan fingerprint density at radius 1 is 1.29 bits per heavy atom. The average Bonchev–Trinajstić information content (AvgIpc) is 2.57. The van der Waals surface area contributed by atoms with E-state index in [1.54, 1.807) is 0 Å². The molecule has 1 amide bonds. The fourth-order valence-electron chi connectivity index (χ4n) is 2.14. The molecule has 0 aromatic heterocycles. The first kappa shape index (κ1) is 12.4. The summed E-state index contributed by atoms with van der Waals surface area (Å²) < 4.78 is 5.22. The summed E-state index contributed by atoms with van der Waals surface area (Å²) in [6.45, 7) is -0.264. The van der Waals surface area contributed by atoms with E-state index in [2.05, 4.69) is 0 Å². The van der Waals surface area contributed by atoms with Gasteiger partial charge in [0.25, 0.3) is 0 Å². The number of carbonyl (C=O) groups excluding carboxylic acids is 2. The van der Waals surface area contributed by atoms with E-state index < -0.39 is 37.1 Å². The fraction of sp³-hybridized carbons (Fsp3) is 0.800. The maximum atomic E-state index is 11.6. The number of carbonyl (C=O) groups is 2. The van der Waals surface area contributed by atoms with Crippen LogP contribution in [0.3, 0.4) is 0 Å². The lowest BCUT2D eigenvalue weighted by atomic mass is 10.1. The topological polar surface area (TPSA) is 107 Å². The van der Waals surface area contributed by atoms with Crippen LogP contribution < -0.4 is 0 Å². The van der Waals surface area contributed by atoms with Crippen LogP contribution in [-0.4, -0.2) is 69.6 Å². The molecule has 0 spiro atoms. The van der Waals surface area contributed by atoms with Crippen molar-refractivity contribution in [3.8, 4) is 0 Å². The minimum Gasteiger partial charge on any atom is -0.394 e. The van der Waals surface area contributed by atoms with Crippen LogP contribution in [-0.2, 0) is 14.3 Å². The van der Waals surface area contributed by atoms with Crippen molar-refractivity contribution in [2.45, 2.75) is 37.4 Å². The summed E-state index contributed by atoms with van der Waals surface area (Å²) in [6, 6.07) is 0. The lowest BCUT2D eigenvalue weighted by molar-refractivity contribution is -0.158. The van der Waals surface area contributed by atoms with Crippen LogP contribution in [0.2, 0.25) is 0 Å². The number of likely N-dealkylation sites (tertiary alicyclic amines) is 1. The number of piperidine rings is 1. The van der Waals surface area contributed by atoms with Gasteiger partial charge < -0.3 is 25.0 Å². The zero-order chi connectivity index (χ0) is 12.6. The quantitative estimate of drug-likeness (QED) is 0.469. The summed E-state index contributed by atoms with van der Waals surface area (Å²) in [6.07, 6.45) is -4.35. The van der Waals surface area contributed by atoms with Crippen molar-refractivity contribution in [2.24, 2.45) is 0 Å². The number of aliphatic hydroxyl groups excluding tert-OH is 3. The molecule has 17 heavy (non-hydrogen) atoms. The van der Waals surface area contributed by atoms with E-state index in [-0.39, 0.29) is 25.2 Å². The molecule has 4 atom stereocenters. The van der Waals surface area contributed by atoms with Crippen LogP contribution in [0.1, 0.15) is 12.8 Å². The van der Waals surface area contributed by atoms with Gasteiger partial charge in [-0.25, -0.2) is 0 Å². The number of hydrogen-bond acceptors (Lipinski definition) is 6. The molecule has 3 N–H and O–H groups in total. The Kier molecular flexibility index (Phi) is 3.43. The Morgan fingerprint density at radius 2 is 2.00 bits per heavy atom. The number of rotatable bonds is 2. The molecule has 2 saturated heterocycles. The van der Waals surface area contributed by atoms with Crippen LogP contribution in [0.15, 0.2) is 0 Å². The van der Waals surface area contributed by atoms with Gasteiger partial charge in [-0.2, -0.15) is 0 Å². The molecule has 96 valence electrons. The van der Waals surface area contributed by atoms with Gasteiger partial charge in [0.05, 0.1) is 13.0 Å². The number of amides is 1. The van der Waals surface area contributed by atoms with Gasteiger partial charge in [0, 0.05) is 13.0 Å². The Hall–Kier alpha value is -1.02. The Labute approximate surface area is 97.6 Å². The Morgan fingerprint density at radius 3 is 2.53 bits per heavy atom. The van der Waals surface area contributed by atoms with Gasteiger partial charge in [-0.3, -0.25) is 9.59 Å². The van der Waals surface area contributed by atoms with E-state index in [9.17, 15) is 19.8 Å². The summed E-state index contributed by atoms with van der Waals surface area (Å²) in [7, 11) is 0. The molecule has 0 aliphatic carbocycles. The summed E-state index contributed by atoms with van der Waals surface area (Å²) in [5.41, 5.74) is 0. The number of ether oxygens (including phenoxy) is 1. The molecule has 2 aliphatic rings. The van der Waals surface area contributed by atoms with E-state index in [0.717, 1.165) is 0 Å². The van der Waals surface area contributed by atoms with Crippen LogP contribution in [0.25, 0.3) is 0 Å². The van der Waals surface area contributed by atoms with Gasteiger partial charge in [0.15, 0.2) is 6.23 Å². The molecule has 2 fully saturated rings. The first-order chi connectivity index (χ1) is 8.04. The van der Waals surface area contributed by atoms with Gasteiger partial charge in [-0.1, -0.05) is 0 Å². The minimum atomic E-state index is -1.26. The summed E-state index contributed by atoms with van der Waals surface area (Å²) in [5, 5.41) is 28.2. The zero-order valence-electron chi connectivity index (χ0n) is 9.15.